The van der Waals surface area contributed by atoms with Crippen molar-refractivity contribution in [3.63, 3.8) is 0 Å². The van der Waals surface area contributed by atoms with E-state index in [1.165, 1.54) is 4.57 Å². The Hall–Kier alpha value is -2.10. The third-order valence-corrected chi connectivity index (χ3v) is 2.70. The first-order valence-electron chi connectivity index (χ1n) is 5.40. The fourth-order valence-corrected chi connectivity index (χ4v) is 1.95. The van der Waals surface area contributed by atoms with Gasteiger partial charge in [0.05, 0.1) is 0 Å². The first kappa shape index (κ1) is 11.4. The zero-order chi connectivity index (χ0) is 12.6. The van der Waals surface area contributed by atoms with Crippen LogP contribution in [0.4, 0.5) is 0 Å². The largest absolute Gasteiger partial charge is 0.477 e. The summed E-state index contributed by atoms with van der Waals surface area (Å²) < 4.78 is 1.31. The van der Waals surface area contributed by atoms with E-state index in [0.29, 0.717) is 10.8 Å². The molecule has 1 N–H and O–H groups in total. The summed E-state index contributed by atoms with van der Waals surface area (Å²) in [6.45, 7) is 3.59. The number of aromatic nitrogens is 1. The van der Waals surface area contributed by atoms with Crippen LogP contribution in [-0.4, -0.2) is 15.6 Å². The quantitative estimate of drug-likeness (QED) is 0.862. The summed E-state index contributed by atoms with van der Waals surface area (Å²) in [6, 6.07) is 8.37. The van der Waals surface area contributed by atoms with Crippen molar-refractivity contribution < 1.29 is 9.90 Å². The first-order chi connectivity index (χ1) is 8.02. The van der Waals surface area contributed by atoms with E-state index in [1.54, 1.807) is 44.2 Å². The average Bonchev–Trinajstić information content (AvgIpc) is 2.28. The summed E-state index contributed by atoms with van der Waals surface area (Å²) in [7, 11) is 0. The van der Waals surface area contributed by atoms with Crippen LogP contribution >= 0.6 is 0 Å². The van der Waals surface area contributed by atoms with Crippen LogP contribution in [0.15, 0.2) is 35.1 Å². The molecular weight excluding hydrogens is 218 g/mol. The molecule has 0 radical (unpaired) electrons. The van der Waals surface area contributed by atoms with Gasteiger partial charge in [-0.15, -0.1) is 0 Å². The molecule has 1 aromatic carbocycles. The Morgan fingerprint density at radius 2 is 1.94 bits per heavy atom. The van der Waals surface area contributed by atoms with Crippen molar-refractivity contribution in [3.05, 3.63) is 46.4 Å². The Kier molecular flexibility index (Phi) is 2.71. The molecule has 4 heteroatoms. The van der Waals surface area contributed by atoms with Gasteiger partial charge in [0.1, 0.15) is 5.69 Å². The fourth-order valence-electron chi connectivity index (χ4n) is 1.95. The maximum atomic E-state index is 12.2. The van der Waals surface area contributed by atoms with Crippen LogP contribution in [0.2, 0.25) is 0 Å². The van der Waals surface area contributed by atoms with Crippen LogP contribution in [0.3, 0.4) is 0 Å². The van der Waals surface area contributed by atoms with Gasteiger partial charge in [-0.2, -0.15) is 0 Å². The van der Waals surface area contributed by atoms with Gasteiger partial charge < -0.3 is 5.11 Å². The van der Waals surface area contributed by atoms with Crippen LogP contribution < -0.4 is 5.56 Å². The van der Waals surface area contributed by atoms with Gasteiger partial charge in [0.15, 0.2) is 0 Å². The predicted molar refractivity (Wildman–Crippen MR) is 65.6 cm³/mol. The number of benzene rings is 1. The molecule has 2 aromatic rings. The van der Waals surface area contributed by atoms with Crippen molar-refractivity contribution >= 4 is 16.7 Å². The maximum absolute atomic E-state index is 12.2. The monoisotopic (exact) mass is 231 g/mol. The molecule has 0 unspecified atom stereocenters. The molecule has 17 heavy (non-hydrogen) atoms. The normalized spacial score (nSPS) is 11.0. The molecule has 4 nitrogen and oxygen atoms in total. The number of carbonyl (C=O) groups is 1. The van der Waals surface area contributed by atoms with Crippen molar-refractivity contribution in [1.82, 2.24) is 4.57 Å². The highest BCUT2D eigenvalue weighted by atomic mass is 16.4. The van der Waals surface area contributed by atoms with Crippen molar-refractivity contribution in [2.24, 2.45) is 0 Å². The average molecular weight is 231 g/mol. The number of nitrogens with zero attached hydrogens (tertiary/aromatic N) is 1. The van der Waals surface area contributed by atoms with Gasteiger partial charge >= 0.3 is 5.97 Å². The van der Waals surface area contributed by atoms with Gasteiger partial charge in [0, 0.05) is 11.4 Å². The molecule has 1 aromatic heterocycles. The first-order valence-corrected chi connectivity index (χ1v) is 5.40. The minimum absolute atomic E-state index is 0.0312. The summed E-state index contributed by atoms with van der Waals surface area (Å²) in [5.41, 5.74) is -0.223. The zero-order valence-electron chi connectivity index (χ0n) is 9.68. The Morgan fingerprint density at radius 3 is 2.53 bits per heavy atom. The summed E-state index contributed by atoms with van der Waals surface area (Å²) in [5.74, 6) is -1.08. The Bertz CT molecular complexity index is 641. The van der Waals surface area contributed by atoms with Crippen molar-refractivity contribution in [2.45, 2.75) is 19.9 Å². The molecule has 0 aliphatic heterocycles. The van der Waals surface area contributed by atoms with E-state index < -0.39 is 5.97 Å². The smallest absolute Gasteiger partial charge is 0.352 e. The molecule has 0 aliphatic rings. The van der Waals surface area contributed by atoms with E-state index in [9.17, 15) is 9.59 Å². The third kappa shape index (κ3) is 1.82. The molecule has 0 spiro atoms. The van der Waals surface area contributed by atoms with Crippen LogP contribution in [0, 0.1) is 0 Å². The number of aromatic carboxylic acids is 1. The van der Waals surface area contributed by atoms with Gasteiger partial charge in [-0.25, -0.2) is 4.79 Å². The molecule has 0 amide bonds. The number of pyridine rings is 1. The molecule has 2 rings (SSSR count). The SMILES string of the molecule is CC(C)n1c(C(=O)O)cc2ccccc2c1=O. The molecule has 0 bridgehead atoms. The molecule has 1 heterocycles. The van der Waals surface area contributed by atoms with E-state index >= 15 is 0 Å². The van der Waals surface area contributed by atoms with E-state index in [-0.39, 0.29) is 17.3 Å². The Morgan fingerprint density at radius 1 is 1.29 bits per heavy atom. The lowest BCUT2D eigenvalue weighted by atomic mass is 10.1. The molecule has 0 saturated heterocycles. The summed E-state index contributed by atoms with van der Waals surface area (Å²) in [4.78, 5) is 23.4. The summed E-state index contributed by atoms with van der Waals surface area (Å²) >= 11 is 0. The van der Waals surface area contributed by atoms with Crippen molar-refractivity contribution in [2.75, 3.05) is 0 Å². The summed E-state index contributed by atoms with van der Waals surface area (Å²) in [6.07, 6.45) is 0. The second kappa shape index (κ2) is 4.05. The number of rotatable bonds is 2. The van der Waals surface area contributed by atoms with Crippen molar-refractivity contribution in [1.29, 1.82) is 0 Å². The van der Waals surface area contributed by atoms with Gasteiger partial charge in [0.2, 0.25) is 0 Å². The highest BCUT2D eigenvalue weighted by Crippen LogP contribution is 2.15. The fraction of sp³-hybridized carbons (Fsp3) is 0.231. The second-order valence-electron chi connectivity index (χ2n) is 4.19. The number of hydrogen-bond donors (Lipinski definition) is 1. The van der Waals surface area contributed by atoms with Crippen LogP contribution in [0.1, 0.15) is 30.4 Å². The lowest BCUT2D eigenvalue weighted by Crippen LogP contribution is -2.27. The zero-order valence-corrected chi connectivity index (χ0v) is 9.68. The van der Waals surface area contributed by atoms with Gasteiger partial charge in [-0.05, 0) is 31.4 Å². The minimum atomic E-state index is -1.08. The van der Waals surface area contributed by atoms with Crippen LogP contribution in [-0.2, 0) is 0 Å². The minimum Gasteiger partial charge on any atom is -0.477 e. The number of hydrogen-bond acceptors (Lipinski definition) is 2. The lowest BCUT2D eigenvalue weighted by molar-refractivity contribution is 0.0682. The standard InChI is InChI=1S/C13H13NO3/c1-8(2)14-11(13(16)17)7-9-5-3-4-6-10(9)12(14)15/h3-8H,1-2H3,(H,16,17). The van der Waals surface area contributed by atoms with Crippen molar-refractivity contribution in [3.8, 4) is 0 Å². The highest BCUT2D eigenvalue weighted by Gasteiger charge is 2.16. The third-order valence-electron chi connectivity index (χ3n) is 2.70. The Labute approximate surface area is 98.1 Å². The lowest BCUT2D eigenvalue weighted by Gasteiger charge is -2.14. The molecular formula is C13H13NO3. The molecule has 0 atom stereocenters. The predicted octanol–water partition coefficient (Wildman–Crippen LogP) is 2.28. The topological polar surface area (TPSA) is 59.3 Å². The molecule has 88 valence electrons. The summed E-state index contributed by atoms with van der Waals surface area (Å²) in [5, 5.41) is 10.3. The molecule has 0 fully saturated rings. The molecule has 0 aliphatic carbocycles. The maximum Gasteiger partial charge on any atom is 0.352 e. The van der Waals surface area contributed by atoms with Gasteiger partial charge in [0.25, 0.3) is 5.56 Å². The van der Waals surface area contributed by atoms with E-state index in [2.05, 4.69) is 0 Å². The second-order valence-corrected chi connectivity index (χ2v) is 4.19. The molecule has 0 saturated carbocycles. The van der Waals surface area contributed by atoms with Crippen LogP contribution in [0.5, 0.6) is 0 Å². The van der Waals surface area contributed by atoms with E-state index in [1.807, 2.05) is 0 Å². The number of carboxylic acids is 1. The van der Waals surface area contributed by atoms with Gasteiger partial charge in [-0.1, -0.05) is 18.2 Å². The van der Waals surface area contributed by atoms with Crippen LogP contribution in [0.25, 0.3) is 10.8 Å². The number of carboxylic acid groups (broad SMARTS) is 1. The highest BCUT2D eigenvalue weighted by molar-refractivity contribution is 5.92. The van der Waals surface area contributed by atoms with E-state index in [0.717, 1.165) is 0 Å². The Balaban J connectivity index is 2.94. The number of fused-ring (bicyclic) bond motifs is 1. The van der Waals surface area contributed by atoms with Gasteiger partial charge in [-0.3, -0.25) is 9.36 Å². The van der Waals surface area contributed by atoms with E-state index in [4.69, 9.17) is 5.11 Å².